The van der Waals surface area contributed by atoms with E-state index in [0.29, 0.717) is 23.2 Å². The third-order valence-electron chi connectivity index (χ3n) is 6.44. The molecule has 0 bridgehead atoms. The number of carbonyl (C=O) groups is 2. The van der Waals surface area contributed by atoms with Gasteiger partial charge in [0.05, 0.1) is 0 Å². The highest BCUT2D eigenvalue weighted by atomic mass is 16.2. The number of nitrogens with one attached hydrogen (secondary N) is 2. The molecule has 2 unspecified atom stereocenters. The summed E-state index contributed by atoms with van der Waals surface area (Å²) in [5.74, 6) is 0.0164. The Morgan fingerprint density at radius 2 is 2.09 bits per heavy atom. The van der Waals surface area contributed by atoms with Gasteiger partial charge in [-0.05, 0) is 56.0 Å². The van der Waals surface area contributed by atoms with E-state index in [2.05, 4.69) is 46.1 Å². The second-order valence-corrected chi connectivity index (χ2v) is 8.82. The molecule has 0 radical (unpaired) electrons. The van der Waals surface area contributed by atoms with Crippen LogP contribution in [0.2, 0.25) is 0 Å². The Labute approximate surface area is 200 Å². The first-order chi connectivity index (χ1) is 16.5. The number of rotatable bonds is 7. The van der Waals surface area contributed by atoms with Gasteiger partial charge in [0.15, 0.2) is 5.82 Å². The Kier molecular flexibility index (Phi) is 7.33. The van der Waals surface area contributed by atoms with Gasteiger partial charge in [-0.2, -0.15) is 0 Å². The highest BCUT2D eigenvalue weighted by Crippen LogP contribution is 2.28. The van der Waals surface area contributed by atoms with Crippen molar-refractivity contribution >= 4 is 28.3 Å². The molecule has 176 valence electrons. The summed E-state index contributed by atoms with van der Waals surface area (Å²) in [5.41, 5.74) is 1.80. The lowest BCUT2D eigenvalue weighted by Gasteiger charge is -2.37. The van der Waals surface area contributed by atoms with Crippen LogP contribution in [0.1, 0.15) is 43.1 Å². The van der Waals surface area contributed by atoms with Gasteiger partial charge in [0.2, 0.25) is 5.91 Å². The van der Waals surface area contributed by atoms with Crippen LogP contribution in [0.3, 0.4) is 0 Å². The SMILES string of the molecule is C=CC(=O)Nc1cccc2ccc(-c3nccc(C(=O)NC4CCN(C)C(CCC)C4)n3)cc12. The van der Waals surface area contributed by atoms with Crippen molar-refractivity contribution in [3.8, 4) is 11.4 Å². The van der Waals surface area contributed by atoms with Crippen molar-refractivity contribution in [2.75, 3.05) is 18.9 Å². The van der Waals surface area contributed by atoms with Gasteiger partial charge in [0.1, 0.15) is 5.69 Å². The molecule has 7 heteroatoms. The lowest BCUT2D eigenvalue weighted by molar-refractivity contribution is -0.111. The van der Waals surface area contributed by atoms with E-state index in [1.165, 1.54) is 6.08 Å². The van der Waals surface area contributed by atoms with Crippen LogP contribution in [0.4, 0.5) is 5.69 Å². The van der Waals surface area contributed by atoms with Gasteiger partial charge in [-0.25, -0.2) is 9.97 Å². The fourth-order valence-electron chi connectivity index (χ4n) is 4.56. The minimum absolute atomic E-state index is 0.148. The maximum atomic E-state index is 13.0. The van der Waals surface area contributed by atoms with Crippen LogP contribution >= 0.6 is 0 Å². The van der Waals surface area contributed by atoms with E-state index in [4.69, 9.17) is 0 Å². The summed E-state index contributed by atoms with van der Waals surface area (Å²) in [6.07, 6.45) is 7.01. The molecule has 2 heterocycles. The number of hydrogen-bond acceptors (Lipinski definition) is 5. The van der Waals surface area contributed by atoms with Crippen LogP contribution < -0.4 is 10.6 Å². The molecule has 0 spiro atoms. The Balaban J connectivity index is 1.55. The molecule has 1 saturated heterocycles. The van der Waals surface area contributed by atoms with Gasteiger partial charge in [0.25, 0.3) is 5.91 Å². The van der Waals surface area contributed by atoms with Gasteiger partial charge >= 0.3 is 0 Å². The number of likely N-dealkylation sites (tertiary alicyclic amines) is 1. The Morgan fingerprint density at radius 1 is 1.24 bits per heavy atom. The Bertz CT molecular complexity index is 1210. The van der Waals surface area contributed by atoms with Gasteiger partial charge in [-0.15, -0.1) is 0 Å². The van der Waals surface area contributed by atoms with Gasteiger partial charge in [0, 0.05) is 41.5 Å². The molecule has 1 aliphatic heterocycles. The third kappa shape index (κ3) is 5.31. The number of fused-ring (bicyclic) bond motifs is 1. The van der Waals surface area contributed by atoms with Crippen molar-refractivity contribution in [3.05, 3.63) is 67.0 Å². The zero-order chi connectivity index (χ0) is 24.1. The molecular weight excluding hydrogens is 426 g/mol. The molecule has 0 saturated carbocycles. The average Bonchev–Trinajstić information content (AvgIpc) is 2.86. The first kappa shape index (κ1) is 23.6. The van der Waals surface area contributed by atoms with Crippen LogP contribution in [0.15, 0.2) is 61.3 Å². The quantitative estimate of drug-likeness (QED) is 0.513. The van der Waals surface area contributed by atoms with Crippen LogP contribution in [0.25, 0.3) is 22.2 Å². The number of piperidine rings is 1. The monoisotopic (exact) mass is 457 g/mol. The third-order valence-corrected chi connectivity index (χ3v) is 6.44. The van der Waals surface area contributed by atoms with Crippen molar-refractivity contribution < 1.29 is 9.59 Å². The molecule has 3 aromatic rings. The molecule has 2 aromatic carbocycles. The van der Waals surface area contributed by atoms with Crippen molar-refractivity contribution in [1.29, 1.82) is 0 Å². The topological polar surface area (TPSA) is 87.2 Å². The maximum absolute atomic E-state index is 13.0. The largest absolute Gasteiger partial charge is 0.348 e. The van der Waals surface area contributed by atoms with E-state index in [-0.39, 0.29) is 17.9 Å². The van der Waals surface area contributed by atoms with Crippen LogP contribution in [0, 0.1) is 0 Å². The van der Waals surface area contributed by atoms with E-state index in [1.807, 2.05) is 36.4 Å². The molecule has 34 heavy (non-hydrogen) atoms. The van der Waals surface area contributed by atoms with Crippen molar-refractivity contribution in [1.82, 2.24) is 20.2 Å². The van der Waals surface area contributed by atoms with E-state index in [9.17, 15) is 9.59 Å². The van der Waals surface area contributed by atoms with Gasteiger partial charge in [-0.3, -0.25) is 9.59 Å². The predicted octanol–water partition coefficient (Wildman–Crippen LogP) is 4.41. The standard InChI is InChI=1S/C27H31N5O2/c1-4-7-21-17-20(13-15-32(21)3)29-27(34)24-12-14-28-26(31-24)19-11-10-18-8-6-9-23(22(18)16-19)30-25(33)5-2/h5-6,8-12,14,16,20-21H,2,4,7,13,15,17H2,1,3H3,(H,29,34)(H,30,33). The number of amides is 2. The number of hydrogen-bond donors (Lipinski definition) is 2. The van der Waals surface area contributed by atoms with Crippen molar-refractivity contribution in [2.45, 2.75) is 44.7 Å². The minimum atomic E-state index is -0.275. The molecule has 2 N–H and O–H groups in total. The highest BCUT2D eigenvalue weighted by Gasteiger charge is 2.27. The minimum Gasteiger partial charge on any atom is -0.348 e. The molecule has 1 fully saturated rings. The Morgan fingerprint density at radius 3 is 2.88 bits per heavy atom. The first-order valence-corrected chi connectivity index (χ1v) is 11.8. The smallest absolute Gasteiger partial charge is 0.270 e. The number of nitrogens with zero attached hydrogens (tertiary/aromatic N) is 3. The van der Waals surface area contributed by atoms with Gasteiger partial charge < -0.3 is 15.5 Å². The second-order valence-electron chi connectivity index (χ2n) is 8.82. The zero-order valence-electron chi connectivity index (χ0n) is 19.8. The van der Waals surface area contributed by atoms with E-state index in [0.717, 1.165) is 48.6 Å². The number of carbonyl (C=O) groups excluding carboxylic acids is 2. The number of benzene rings is 2. The summed E-state index contributed by atoms with van der Waals surface area (Å²) < 4.78 is 0. The second kappa shape index (κ2) is 10.6. The molecule has 7 nitrogen and oxygen atoms in total. The lowest BCUT2D eigenvalue weighted by atomic mass is 9.94. The molecule has 0 aliphatic carbocycles. The average molecular weight is 458 g/mol. The highest BCUT2D eigenvalue weighted by molar-refractivity contribution is 6.06. The summed E-state index contributed by atoms with van der Waals surface area (Å²) >= 11 is 0. The molecule has 1 aliphatic rings. The van der Waals surface area contributed by atoms with Crippen LogP contribution in [-0.2, 0) is 4.79 Å². The molecule has 1 aromatic heterocycles. The zero-order valence-corrected chi connectivity index (χ0v) is 19.8. The summed E-state index contributed by atoms with van der Waals surface area (Å²) in [4.78, 5) is 36.2. The van der Waals surface area contributed by atoms with E-state index in [1.54, 1.807) is 12.3 Å². The van der Waals surface area contributed by atoms with Crippen LogP contribution in [0.5, 0.6) is 0 Å². The van der Waals surface area contributed by atoms with E-state index >= 15 is 0 Å². The van der Waals surface area contributed by atoms with Crippen LogP contribution in [-0.4, -0.2) is 52.4 Å². The lowest BCUT2D eigenvalue weighted by Crippen LogP contribution is -2.48. The van der Waals surface area contributed by atoms with Crippen molar-refractivity contribution in [2.24, 2.45) is 0 Å². The molecule has 4 rings (SSSR count). The summed E-state index contributed by atoms with van der Waals surface area (Å²) in [5, 5.41) is 7.85. The Hall–Kier alpha value is -3.58. The molecule has 2 atom stereocenters. The fraction of sp³-hybridized carbons (Fsp3) is 0.333. The predicted molar refractivity (Wildman–Crippen MR) is 136 cm³/mol. The summed E-state index contributed by atoms with van der Waals surface area (Å²) in [7, 11) is 2.16. The fourth-order valence-corrected chi connectivity index (χ4v) is 4.56. The van der Waals surface area contributed by atoms with Crippen molar-refractivity contribution in [3.63, 3.8) is 0 Å². The normalized spacial score (nSPS) is 18.4. The van der Waals surface area contributed by atoms with Gasteiger partial charge in [-0.1, -0.05) is 44.2 Å². The first-order valence-electron chi connectivity index (χ1n) is 11.8. The summed E-state index contributed by atoms with van der Waals surface area (Å²) in [6.45, 7) is 6.69. The number of anilines is 1. The molecular formula is C27H31N5O2. The van der Waals surface area contributed by atoms with E-state index < -0.39 is 0 Å². The number of aromatic nitrogens is 2. The maximum Gasteiger partial charge on any atom is 0.270 e. The summed E-state index contributed by atoms with van der Waals surface area (Å²) in [6, 6.07) is 13.8. The molecule has 2 amide bonds.